The van der Waals surface area contributed by atoms with Crippen LogP contribution in [0, 0.1) is 11.6 Å². The number of alkyl halides is 3. The van der Waals surface area contributed by atoms with Crippen LogP contribution in [0.1, 0.15) is 12.0 Å². The fourth-order valence-electron chi connectivity index (χ4n) is 4.16. The largest absolute Gasteiger partial charge is 0.394 e. The smallest absolute Gasteiger partial charge is 0.390 e. The summed E-state index contributed by atoms with van der Waals surface area (Å²) in [5.41, 5.74) is 3.71. The fourth-order valence-corrected chi connectivity index (χ4v) is 5.12. The van der Waals surface area contributed by atoms with Crippen LogP contribution in [0.15, 0.2) is 30.3 Å². The molecule has 0 bridgehead atoms. The number of halogens is 6. The second kappa shape index (κ2) is 12.8. The minimum Gasteiger partial charge on any atom is -0.394 e. The molecule has 222 valence electrons. The summed E-state index contributed by atoms with van der Waals surface area (Å²) < 4.78 is 103. The molecule has 0 radical (unpaired) electrons. The van der Waals surface area contributed by atoms with Gasteiger partial charge in [0.25, 0.3) is 0 Å². The lowest BCUT2D eigenvalue weighted by atomic mass is 10.1. The van der Waals surface area contributed by atoms with Crippen LogP contribution < -0.4 is 20.3 Å². The Morgan fingerprint density at radius 1 is 1.10 bits per heavy atom. The number of amides is 1. The predicted octanol–water partition coefficient (Wildman–Crippen LogP) is 2.57. The van der Waals surface area contributed by atoms with E-state index in [0.717, 1.165) is 12.1 Å². The van der Waals surface area contributed by atoms with E-state index in [1.165, 1.54) is 18.2 Å². The Bertz CT molecular complexity index is 1330. The van der Waals surface area contributed by atoms with E-state index in [1.54, 1.807) is 9.80 Å². The summed E-state index contributed by atoms with van der Waals surface area (Å²) in [7, 11) is -5.26. The highest BCUT2D eigenvalue weighted by Crippen LogP contribution is 2.40. The van der Waals surface area contributed by atoms with Gasteiger partial charge in [0.1, 0.15) is 6.04 Å². The number of primary amides is 1. The van der Waals surface area contributed by atoms with Crippen molar-refractivity contribution in [3.05, 3.63) is 52.6 Å². The molecule has 2 aromatic rings. The van der Waals surface area contributed by atoms with E-state index in [2.05, 4.69) is 5.32 Å². The van der Waals surface area contributed by atoms with Crippen LogP contribution in [0.3, 0.4) is 0 Å². The average molecular weight is 616 g/mol. The Morgan fingerprint density at radius 2 is 1.73 bits per heavy atom. The summed E-state index contributed by atoms with van der Waals surface area (Å²) in [6.45, 7) is -0.688. The van der Waals surface area contributed by atoms with Gasteiger partial charge in [0.15, 0.2) is 11.6 Å². The third-order valence-corrected chi connectivity index (χ3v) is 7.33. The Balaban J connectivity index is 1.94. The Morgan fingerprint density at radius 3 is 2.27 bits per heavy atom. The summed E-state index contributed by atoms with van der Waals surface area (Å²) in [6.07, 6.45) is -5.31. The second-order valence-corrected chi connectivity index (χ2v) is 10.7. The van der Waals surface area contributed by atoms with Gasteiger partial charge in [0, 0.05) is 49.9 Å². The lowest BCUT2D eigenvalue weighted by Crippen LogP contribution is -2.47. The topological polar surface area (TPSA) is 139 Å². The van der Waals surface area contributed by atoms with Gasteiger partial charge in [-0.05, 0) is 24.3 Å². The van der Waals surface area contributed by atoms with Gasteiger partial charge in [-0.2, -0.15) is 21.6 Å². The van der Waals surface area contributed by atoms with E-state index in [4.69, 9.17) is 22.4 Å². The van der Waals surface area contributed by atoms with Crippen molar-refractivity contribution in [3.8, 4) is 0 Å². The summed E-state index contributed by atoms with van der Waals surface area (Å²) in [5, 5.41) is 11.8. The van der Waals surface area contributed by atoms with Crippen molar-refractivity contribution in [1.29, 1.82) is 0 Å². The number of carbonyl (C=O) groups is 1. The quantitative estimate of drug-likeness (QED) is 0.224. The van der Waals surface area contributed by atoms with E-state index in [9.17, 15) is 35.3 Å². The highest BCUT2D eigenvalue weighted by Gasteiger charge is 2.33. The Kier molecular flexibility index (Phi) is 10.2. The monoisotopic (exact) mass is 615 g/mol. The van der Waals surface area contributed by atoms with Crippen molar-refractivity contribution < 1.29 is 44.8 Å². The highest BCUT2D eigenvalue weighted by atomic mass is 35.5. The maximum Gasteiger partial charge on any atom is 0.390 e. The van der Waals surface area contributed by atoms with Crippen molar-refractivity contribution in [2.24, 2.45) is 5.73 Å². The van der Waals surface area contributed by atoms with Gasteiger partial charge < -0.3 is 15.7 Å². The van der Waals surface area contributed by atoms with Crippen LogP contribution in [0.25, 0.3) is 0 Å². The first-order chi connectivity index (χ1) is 18.6. The van der Waals surface area contributed by atoms with Crippen LogP contribution >= 0.6 is 11.6 Å². The number of rotatable bonds is 11. The number of benzene rings is 2. The molecule has 10 nitrogen and oxygen atoms in total. The normalized spacial score (nSPS) is 15.8. The molecule has 1 aliphatic rings. The second-order valence-electron chi connectivity index (χ2n) is 8.96. The number of nitrogens with one attached hydrogen (secondary N) is 1. The van der Waals surface area contributed by atoms with E-state index >= 15 is 4.39 Å². The molecule has 1 atom stereocenters. The van der Waals surface area contributed by atoms with E-state index in [1.807, 2.05) is 0 Å². The van der Waals surface area contributed by atoms with Crippen molar-refractivity contribution in [2.45, 2.75) is 25.2 Å². The average Bonchev–Trinajstić information content (AvgIpc) is 2.86. The molecular formula is C23H27ClF5N5O5S. The molecule has 0 saturated carbocycles. The predicted molar refractivity (Wildman–Crippen MR) is 138 cm³/mol. The molecule has 1 heterocycles. The summed E-state index contributed by atoms with van der Waals surface area (Å²) >= 11 is 6.12. The van der Waals surface area contributed by atoms with Gasteiger partial charge in [-0.15, -0.1) is 0 Å². The SMILES string of the molecule is NC(=O)C(CO)NCc1ccc(N(c2ccc(Cl)cc2N2CCN(CCC(F)(F)F)CC2)S(=O)(=O)O)c(F)c1F. The zero-order valence-electron chi connectivity index (χ0n) is 20.8. The van der Waals surface area contributed by atoms with Crippen molar-refractivity contribution >= 4 is 44.9 Å². The summed E-state index contributed by atoms with van der Waals surface area (Å²) in [5.74, 6) is -4.07. The third-order valence-electron chi connectivity index (χ3n) is 6.24. The van der Waals surface area contributed by atoms with Gasteiger partial charge in [-0.3, -0.25) is 19.6 Å². The summed E-state index contributed by atoms with van der Waals surface area (Å²) in [4.78, 5) is 14.4. The number of nitrogens with zero attached hydrogens (tertiary/aromatic N) is 3. The number of carbonyl (C=O) groups excluding carboxylic acids is 1. The third kappa shape index (κ3) is 7.92. The highest BCUT2D eigenvalue weighted by molar-refractivity contribution is 7.87. The van der Waals surface area contributed by atoms with Crippen molar-refractivity contribution in [1.82, 2.24) is 10.2 Å². The minimum atomic E-state index is -5.26. The number of hydrogen-bond acceptors (Lipinski definition) is 7. The molecule has 1 fully saturated rings. The Labute approximate surface area is 232 Å². The van der Waals surface area contributed by atoms with Crippen LogP contribution in [-0.2, 0) is 21.6 Å². The molecule has 1 amide bonds. The first-order valence-corrected chi connectivity index (χ1v) is 13.6. The fraction of sp³-hybridized carbons (Fsp3) is 0.435. The number of aliphatic hydroxyl groups excluding tert-OH is 1. The van der Waals surface area contributed by atoms with Crippen LogP contribution in [0.5, 0.6) is 0 Å². The maximum absolute atomic E-state index is 15.3. The van der Waals surface area contributed by atoms with E-state index in [-0.39, 0.29) is 59.0 Å². The minimum absolute atomic E-state index is 0.110. The molecule has 1 unspecified atom stereocenters. The lowest BCUT2D eigenvalue weighted by Gasteiger charge is -2.38. The first kappa shape index (κ1) is 31.8. The molecular weight excluding hydrogens is 589 g/mol. The van der Waals surface area contributed by atoms with Crippen LogP contribution in [0.4, 0.5) is 39.0 Å². The summed E-state index contributed by atoms with van der Waals surface area (Å²) in [6, 6.07) is 4.45. The van der Waals surface area contributed by atoms with Crippen molar-refractivity contribution in [2.75, 3.05) is 48.5 Å². The zero-order chi connectivity index (χ0) is 29.8. The molecule has 2 aromatic carbocycles. The number of hydrogen-bond donors (Lipinski definition) is 4. The number of anilines is 3. The molecule has 5 N–H and O–H groups in total. The van der Waals surface area contributed by atoms with Crippen LogP contribution in [-0.4, -0.2) is 80.4 Å². The standard InChI is InChI=1S/C23H27ClF5N5O5S/c24-15-2-4-17(19(11-15)33-9-7-32(8-10-33)6-5-23(27,28)29)34(40(37,38)39)18-3-1-14(20(25)21(18)26)12-31-16(13-35)22(30)36/h1-4,11,16,31,35H,5-10,12-13H2,(H2,30,36)(H,37,38,39). The van der Waals surface area contributed by atoms with E-state index < -0.39 is 65.3 Å². The molecule has 1 aliphatic heterocycles. The molecule has 0 aliphatic carbocycles. The number of piperazine rings is 1. The zero-order valence-corrected chi connectivity index (χ0v) is 22.4. The number of aliphatic hydroxyl groups is 1. The van der Waals surface area contributed by atoms with Gasteiger partial charge >= 0.3 is 16.5 Å². The van der Waals surface area contributed by atoms with Gasteiger partial charge in [0.2, 0.25) is 5.91 Å². The van der Waals surface area contributed by atoms with Gasteiger partial charge in [0.05, 0.1) is 30.1 Å². The molecule has 0 aromatic heterocycles. The molecule has 1 saturated heterocycles. The number of nitrogens with two attached hydrogens (primary N) is 1. The molecule has 17 heteroatoms. The van der Waals surface area contributed by atoms with Crippen LogP contribution in [0.2, 0.25) is 5.02 Å². The lowest BCUT2D eigenvalue weighted by molar-refractivity contribution is -0.138. The van der Waals surface area contributed by atoms with Gasteiger partial charge in [-0.1, -0.05) is 17.7 Å². The van der Waals surface area contributed by atoms with E-state index in [0.29, 0.717) is 0 Å². The maximum atomic E-state index is 15.3. The Hall–Kier alpha value is -2.76. The van der Waals surface area contributed by atoms with Crippen molar-refractivity contribution in [3.63, 3.8) is 0 Å². The first-order valence-electron chi connectivity index (χ1n) is 11.8. The molecule has 0 spiro atoms. The molecule has 40 heavy (non-hydrogen) atoms. The molecule has 3 rings (SSSR count). The van der Waals surface area contributed by atoms with Gasteiger partial charge in [-0.25, -0.2) is 13.1 Å².